The summed E-state index contributed by atoms with van der Waals surface area (Å²) in [5.74, 6) is 2.20. The van der Waals surface area contributed by atoms with Crippen LogP contribution in [0.5, 0.6) is 11.5 Å². The second-order valence-corrected chi connectivity index (χ2v) is 16.5. The number of aliphatic imine (C=N–C) groups is 2. The number of rotatable bonds is 9. The van der Waals surface area contributed by atoms with Crippen LogP contribution in [0.25, 0.3) is 0 Å². The van der Waals surface area contributed by atoms with E-state index in [-0.39, 0.29) is 16.2 Å². The van der Waals surface area contributed by atoms with Crippen LogP contribution in [0.1, 0.15) is 134 Å². The maximum absolute atomic E-state index is 11.3. The lowest BCUT2D eigenvalue weighted by Gasteiger charge is -2.27. The van der Waals surface area contributed by atoms with E-state index in [0.717, 1.165) is 48.2 Å². The number of aryl methyl sites for hydroxylation is 1. The van der Waals surface area contributed by atoms with Gasteiger partial charge in [-0.05, 0) is 77.2 Å². The molecule has 252 valence electrons. The summed E-state index contributed by atoms with van der Waals surface area (Å²) in [5, 5.41) is 22.4. The Morgan fingerprint density at radius 2 is 1.30 bits per heavy atom. The first-order valence-corrected chi connectivity index (χ1v) is 17.7. The fourth-order valence-electron chi connectivity index (χ4n) is 6.57. The van der Waals surface area contributed by atoms with E-state index < -0.39 is 0 Å². The number of benzene rings is 2. The molecule has 2 heterocycles. The van der Waals surface area contributed by atoms with Gasteiger partial charge >= 0.3 is 0 Å². The van der Waals surface area contributed by atoms with Gasteiger partial charge in [-0.25, -0.2) is 0 Å². The molecule has 2 aliphatic rings. The predicted octanol–water partition coefficient (Wildman–Crippen LogP) is 8.15. The van der Waals surface area contributed by atoms with E-state index in [9.17, 15) is 10.2 Å². The molecule has 0 saturated heterocycles. The molecule has 0 unspecified atom stereocenters. The standard InChI is InChI=1S/C40H60N4O2/c1-38(2,3)32-23-29(15-13-20-44-22-14-21-43-19-12-10-11-16-35(43)44)36(45)30(24-32)27-41-17-18-42-28-31-25-33(39(4,5)6)26-34(37(31)46)40(7,8)9/h23-28H,10-22H2,1-9H3,(H-,41,42,45,46)/p+1. The second-order valence-electron chi connectivity index (χ2n) is 16.5. The van der Waals surface area contributed by atoms with Crippen molar-refractivity contribution in [3.05, 3.63) is 57.6 Å². The number of amidine groups is 1. The molecule has 2 N–H and O–H groups in total. The van der Waals surface area contributed by atoms with Gasteiger partial charge in [0.05, 0.1) is 39.3 Å². The van der Waals surface area contributed by atoms with Crippen LogP contribution in [-0.2, 0) is 22.7 Å². The van der Waals surface area contributed by atoms with Gasteiger partial charge in [-0.15, -0.1) is 0 Å². The lowest BCUT2D eigenvalue weighted by Crippen LogP contribution is -2.44. The third kappa shape index (κ3) is 9.23. The van der Waals surface area contributed by atoms with E-state index >= 15 is 0 Å². The van der Waals surface area contributed by atoms with Gasteiger partial charge in [0.1, 0.15) is 11.5 Å². The third-order valence-corrected chi connectivity index (χ3v) is 9.51. The van der Waals surface area contributed by atoms with Gasteiger partial charge in [0.2, 0.25) is 5.84 Å². The highest BCUT2D eigenvalue weighted by Gasteiger charge is 2.28. The number of hydrogen-bond donors (Lipinski definition) is 2. The summed E-state index contributed by atoms with van der Waals surface area (Å²) < 4.78 is 2.63. The van der Waals surface area contributed by atoms with E-state index in [0.29, 0.717) is 24.6 Å². The first-order valence-electron chi connectivity index (χ1n) is 17.7. The second kappa shape index (κ2) is 14.7. The summed E-state index contributed by atoms with van der Waals surface area (Å²) >= 11 is 0. The minimum atomic E-state index is -0.177. The van der Waals surface area contributed by atoms with Crippen molar-refractivity contribution < 1.29 is 14.8 Å². The lowest BCUT2D eigenvalue weighted by atomic mass is 9.79. The molecule has 6 nitrogen and oxygen atoms in total. The Balaban J connectivity index is 1.44. The molecule has 2 aromatic rings. The Labute approximate surface area is 279 Å². The van der Waals surface area contributed by atoms with Crippen LogP contribution in [-0.4, -0.2) is 77.2 Å². The maximum atomic E-state index is 11.3. The smallest absolute Gasteiger partial charge is 0.246 e. The van der Waals surface area contributed by atoms with Crippen molar-refractivity contribution in [3.8, 4) is 11.5 Å². The van der Waals surface area contributed by atoms with Gasteiger partial charge in [0.25, 0.3) is 0 Å². The van der Waals surface area contributed by atoms with Crippen LogP contribution in [0.4, 0.5) is 0 Å². The number of phenols is 2. The molecule has 0 saturated carbocycles. The zero-order valence-electron chi connectivity index (χ0n) is 30.3. The van der Waals surface area contributed by atoms with Gasteiger partial charge in [0, 0.05) is 42.0 Å². The molecule has 0 aromatic heterocycles. The molecule has 2 aliphatic heterocycles. The van der Waals surface area contributed by atoms with Crippen LogP contribution in [0.15, 0.2) is 34.3 Å². The summed E-state index contributed by atoms with van der Waals surface area (Å²) in [6.45, 7) is 25.2. The fraction of sp³-hybridized carbons (Fsp3) is 0.625. The predicted molar refractivity (Wildman–Crippen MR) is 195 cm³/mol. The van der Waals surface area contributed by atoms with Gasteiger partial charge < -0.3 is 10.2 Å². The topological polar surface area (TPSA) is 71.4 Å². The highest BCUT2D eigenvalue weighted by atomic mass is 16.3. The SMILES string of the molecule is CC(C)(C)c1cc(C=NCCN=Cc2cc(C(C)(C)C)cc(C(C)(C)C)c2O)c(O)c(CCCN2CCC[N+]3=C2CCCCC3)c1. The van der Waals surface area contributed by atoms with Crippen molar-refractivity contribution in [3.63, 3.8) is 0 Å². The van der Waals surface area contributed by atoms with Crippen molar-refractivity contribution >= 4 is 18.3 Å². The summed E-state index contributed by atoms with van der Waals surface area (Å²) in [6.07, 6.45) is 11.8. The van der Waals surface area contributed by atoms with Gasteiger partial charge in [0.15, 0.2) is 0 Å². The Kier molecular flexibility index (Phi) is 11.4. The van der Waals surface area contributed by atoms with E-state index in [1.54, 1.807) is 12.1 Å². The first-order chi connectivity index (χ1) is 21.6. The van der Waals surface area contributed by atoms with Crippen LogP contribution in [0.2, 0.25) is 0 Å². The minimum Gasteiger partial charge on any atom is -0.507 e. The highest BCUT2D eigenvalue weighted by molar-refractivity contribution is 5.86. The summed E-state index contributed by atoms with van der Waals surface area (Å²) in [4.78, 5) is 11.9. The largest absolute Gasteiger partial charge is 0.507 e. The van der Waals surface area contributed by atoms with E-state index in [1.165, 1.54) is 56.3 Å². The van der Waals surface area contributed by atoms with Crippen LogP contribution in [0.3, 0.4) is 0 Å². The van der Waals surface area contributed by atoms with Crippen molar-refractivity contribution in [2.75, 3.05) is 39.3 Å². The number of aromatic hydroxyl groups is 2. The minimum absolute atomic E-state index is 0.0333. The Bertz CT molecular complexity index is 1450. The first kappa shape index (κ1) is 35.7. The van der Waals surface area contributed by atoms with Crippen molar-refractivity contribution in [2.24, 2.45) is 9.98 Å². The van der Waals surface area contributed by atoms with Gasteiger partial charge in [-0.2, -0.15) is 0 Å². The number of nitrogens with zero attached hydrogens (tertiary/aromatic N) is 4. The molecule has 46 heavy (non-hydrogen) atoms. The molecule has 2 aromatic carbocycles. The molecule has 0 bridgehead atoms. The van der Waals surface area contributed by atoms with Gasteiger partial charge in [-0.3, -0.25) is 19.5 Å². The molecule has 0 radical (unpaired) electrons. The molecule has 4 rings (SSSR count). The Morgan fingerprint density at radius 3 is 1.91 bits per heavy atom. The Hall–Kier alpha value is -3.15. The normalized spacial score (nSPS) is 16.8. The van der Waals surface area contributed by atoms with Crippen molar-refractivity contribution in [1.29, 1.82) is 0 Å². The molecular weight excluding hydrogens is 568 g/mol. The molecule has 0 fully saturated rings. The van der Waals surface area contributed by atoms with E-state index in [2.05, 4.69) is 100.0 Å². The zero-order valence-corrected chi connectivity index (χ0v) is 30.3. The Morgan fingerprint density at radius 1 is 0.717 bits per heavy atom. The summed E-state index contributed by atoms with van der Waals surface area (Å²) in [7, 11) is 0. The van der Waals surface area contributed by atoms with Crippen molar-refractivity contribution in [1.82, 2.24) is 4.90 Å². The average molecular weight is 630 g/mol. The molecule has 6 heteroatoms. The van der Waals surface area contributed by atoms with E-state index in [1.807, 2.05) is 12.3 Å². The van der Waals surface area contributed by atoms with Crippen LogP contribution < -0.4 is 0 Å². The van der Waals surface area contributed by atoms with Crippen LogP contribution in [0, 0.1) is 0 Å². The highest BCUT2D eigenvalue weighted by Crippen LogP contribution is 2.37. The third-order valence-electron chi connectivity index (χ3n) is 9.51. The molecule has 0 amide bonds. The van der Waals surface area contributed by atoms with Gasteiger partial charge in [-0.1, -0.05) is 74.4 Å². The summed E-state index contributed by atoms with van der Waals surface area (Å²) in [6, 6.07) is 8.45. The van der Waals surface area contributed by atoms with E-state index in [4.69, 9.17) is 0 Å². The number of phenolic OH excluding ortho intramolecular Hbond substituents is 2. The molecular formula is C40H61N4O2+. The molecule has 0 atom stereocenters. The summed E-state index contributed by atoms with van der Waals surface area (Å²) in [5.41, 5.74) is 5.62. The monoisotopic (exact) mass is 629 g/mol. The molecule has 0 spiro atoms. The van der Waals surface area contributed by atoms with Crippen molar-refractivity contribution in [2.45, 2.75) is 124 Å². The molecule has 0 aliphatic carbocycles. The lowest BCUT2D eigenvalue weighted by molar-refractivity contribution is -0.539. The van der Waals surface area contributed by atoms with Crippen LogP contribution >= 0.6 is 0 Å². The number of hydrogen-bond acceptors (Lipinski definition) is 5. The maximum Gasteiger partial charge on any atom is 0.246 e. The zero-order chi connectivity index (χ0) is 33.7. The quantitative estimate of drug-likeness (QED) is 0.167. The average Bonchev–Trinajstić information content (AvgIpc) is 3.21. The fourth-order valence-corrected chi connectivity index (χ4v) is 6.57.